The second-order valence-corrected chi connectivity index (χ2v) is 13.2. The first kappa shape index (κ1) is 22.6. The third-order valence-electron chi connectivity index (χ3n) is 5.25. The van der Waals surface area contributed by atoms with E-state index in [1.807, 2.05) is 12.2 Å². The van der Waals surface area contributed by atoms with Gasteiger partial charge in [-0.25, -0.2) is 4.79 Å². The lowest BCUT2D eigenvalue weighted by Gasteiger charge is -2.41. The van der Waals surface area contributed by atoms with E-state index in [1.165, 1.54) is 7.11 Å². The maximum Gasteiger partial charge on any atom is 0.393 e. The first-order chi connectivity index (χ1) is 12.1. The summed E-state index contributed by atoms with van der Waals surface area (Å²) in [5.41, 5.74) is 2.17. The van der Waals surface area contributed by atoms with Crippen LogP contribution in [0.4, 0.5) is 4.79 Å². The Kier molecular flexibility index (Phi) is 8.76. The third-order valence-corrected chi connectivity index (χ3v) is 11.2. The van der Waals surface area contributed by atoms with Gasteiger partial charge in [-0.3, -0.25) is 4.79 Å². The Balaban J connectivity index is 2.52. The van der Waals surface area contributed by atoms with E-state index >= 15 is 0 Å². The zero-order valence-electron chi connectivity index (χ0n) is 17.3. The van der Waals surface area contributed by atoms with Crippen LogP contribution in [0.15, 0.2) is 23.8 Å². The van der Waals surface area contributed by atoms with Crippen LogP contribution in [0.25, 0.3) is 0 Å². The lowest BCUT2D eigenvalue weighted by molar-refractivity contribution is -0.121. The number of nitrogens with one attached hydrogen (secondary N) is 1. The van der Waals surface area contributed by atoms with Gasteiger partial charge in [0.05, 0.1) is 0 Å². The molecule has 0 bridgehead atoms. The monoisotopic (exact) mass is 381 g/mol. The summed E-state index contributed by atoms with van der Waals surface area (Å²) in [5.74, 6) is -0.0321. The van der Waals surface area contributed by atoms with Crippen molar-refractivity contribution in [2.24, 2.45) is 0 Å². The number of ether oxygens (including phenoxy) is 1. The molecule has 0 aromatic carbocycles. The van der Waals surface area contributed by atoms with E-state index in [-0.39, 0.29) is 11.9 Å². The molecule has 0 fully saturated rings. The van der Waals surface area contributed by atoms with Crippen molar-refractivity contribution < 1.29 is 18.8 Å². The molecule has 1 N–H and O–H groups in total. The van der Waals surface area contributed by atoms with Crippen LogP contribution in [-0.4, -0.2) is 40.0 Å². The fourth-order valence-electron chi connectivity index (χ4n) is 4.00. The molecule has 1 atom stereocenters. The van der Waals surface area contributed by atoms with E-state index in [0.717, 1.165) is 18.4 Å². The number of allylic oxidation sites excluding steroid dienone is 2. The van der Waals surface area contributed by atoms with Gasteiger partial charge in [-0.2, -0.15) is 0 Å². The van der Waals surface area contributed by atoms with Gasteiger partial charge < -0.3 is 14.5 Å². The van der Waals surface area contributed by atoms with Crippen molar-refractivity contribution in [2.45, 2.75) is 77.1 Å². The summed E-state index contributed by atoms with van der Waals surface area (Å²) in [6.07, 6.45) is 6.01. The van der Waals surface area contributed by atoms with Crippen LogP contribution in [0.2, 0.25) is 16.6 Å². The number of carbonyl (C=O) groups excluding carboxylic acids is 2. The Morgan fingerprint density at radius 3 is 2.19 bits per heavy atom. The first-order valence-electron chi connectivity index (χ1n) is 9.57. The molecule has 0 saturated heterocycles. The summed E-state index contributed by atoms with van der Waals surface area (Å²) >= 11 is 0. The van der Waals surface area contributed by atoms with E-state index in [9.17, 15) is 9.59 Å². The molecule has 0 radical (unpaired) electrons. The Labute approximate surface area is 159 Å². The van der Waals surface area contributed by atoms with Crippen LogP contribution >= 0.6 is 0 Å². The second kappa shape index (κ2) is 10.1. The van der Waals surface area contributed by atoms with Crippen molar-refractivity contribution >= 4 is 20.2 Å². The smallest absolute Gasteiger partial charge is 0.393 e. The Morgan fingerprint density at radius 1 is 1.12 bits per heavy atom. The predicted molar refractivity (Wildman–Crippen MR) is 108 cm³/mol. The molecule has 0 saturated carbocycles. The topological polar surface area (TPSA) is 64.6 Å². The molecular weight excluding hydrogens is 346 g/mol. The SMILES string of the molecule is COC1C=C(CCCNC(=O)O[Si](C(C)C)(C(C)C)C(C)C)C=CC1=O. The highest BCUT2D eigenvalue weighted by atomic mass is 28.4. The average Bonchev–Trinajstić information content (AvgIpc) is 2.56. The number of ketones is 1. The van der Waals surface area contributed by atoms with Gasteiger partial charge in [0.25, 0.3) is 8.32 Å². The highest BCUT2D eigenvalue weighted by Gasteiger charge is 2.48. The highest BCUT2D eigenvalue weighted by Crippen LogP contribution is 2.42. The molecule has 0 heterocycles. The van der Waals surface area contributed by atoms with Gasteiger partial charge in [0.2, 0.25) is 0 Å². The van der Waals surface area contributed by atoms with Crippen LogP contribution in [0, 0.1) is 0 Å². The van der Waals surface area contributed by atoms with Crippen LogP contribution in [-0.2, 0) is 14.0 Å². The van der Waals surface area contributed by atoms with Gasteiger partial charge in [0.15, 0.2) is 5.78 Å². The van der Waals surface area contributed by atoms with Crippen LogP contribution < -0.4 is 5.32 Å². The lowest BCUT2D eigenvalue weighted by Crippen LogP contribution is -2.51. The van der Waals surface area contributed by atoms with Gasteiger partial charge in [-0.05, 0) is 47.2 Å². The van der Waals surface area contributed by atoms with Crippen LogP contribution in [0.3, 0.4) is 0 Å². The molecule has 1 rings (SSSR count). The van der Waals surface area contributed by atoms with Crippen LogP contribution in [0.5, 0.6) is 0 Å². The van der Waals surface area contributed by atoms with Crippen molar-refractivity contribution in [3.8, 4) is 0 Å². The van der Waals surface area contributed by atoms with Crippen molar-refractivity contribution in [2.75, 3.05) is 13.7 Å². The number of carbonyl (C=O) groups is 2. The van der Waals surface area contributed by atoms with Gasteiger partial charge >= 0.3 is 6.09 Å². The maximum absolute atomic E-state index is 12.4. The molecule has 1 amide bonds. The number of hydrogen-bond acceptors (Lipinski definition) is 4. The summed E-state index contributed by atoms with van der Waals surface area (Å²) in [5, 5.41) is 2.90. The normalized spacial score (nSPS) is 17.8. The molecule has 0 aromatic rings. The molecule has 0 aliphatic heterocycles. The number of hydrogen-bond donors (Lipinski definition) is 1. The minimum absolute atomic E-state index is 0.0321. The Bertz CT molecular complexity index is 530. The van der Waals surface area contributed by atoms with Gasteiger partial charge in [-0.15, -0.1) is 0 Å². The van der Waals surface area contributed by atoms with E-state index in [2.05, 4.69) is 46.9 Å². The molecule has 26 heavy (non-hydrogen) atoms. The molecule has 0 aromatic heterocycles. The Morgan fingerprint density at radius 2 is 1.69 bits per heavy atom. The molecule has 1 unspecified atom stereocenters. The van der Waals surface area contributed by atoms with E-state index < -0.39 is 14.4 Å². The summed E-state index contributed by atoms with van der Waals surface area (Å²) in [4.78, 5) is 23.9. The quantitative estimate of drug-likeness (QED) is 0.462. The summed E-state index contributed by atoms with van der Waals surface area (Å²) in [6, 6.07) is 0. The summed E-state index contributed by atoms with van der Waals surface area (Å²) in [6.45, 7) is 13.5. The van der Waals surface area contributed by atoms with Gasteiger partial charge in [0, 0.05) is 13.7 Å². The molecule has 0 spiro atoms. The summed E-state index contributed by atoms with van der Waals surface area (Å²) < 4.78 is 11.2. The lowest BCUT2D eigenvalue weighted by atomic mass is 10.00. The molecule has 148 valence electrons. The van der Waals surface area contributed by atoms with Gasteiger partial charge in [-0.1, -0.05) is 47.6 Å². The third kappa shape index (κ3) is 5.55. The molecular formula is C20H35NO4Si. The Hall–Kier alpha value is -1.40. The largest absolute Gasteiger partial charge is 0.503 e. The minimum Gasteiger partial charge on any atom is -0.503 e. The van der Waals surface area contributed by atoms with Crippen LogP contribution in [0.1, 0.15) is 54.4 Å². The van der Waals surface area contributed by atoms with E-state index in [1.54, 1.807) is 6.08 Å². The van der Waals surface area contributed by atoms with E-state index in [4.69, 9.17) is 9.16 Å². The van der Waals surface area contributed by atoms with Crippen molar-refractivity contribution in [3.05, 3.63) is 23.8 Å². The minimum atomic E-state index is -2.19. The molecule has 5 nitrogen and oxygen atoms in total. The number of methoxy groups -OCH3 is 1. The average molecular weight is 382 g/mol. The number of rotatable bonds is 9. The molecule has 6 heteroatoms. The highest BCUT2D eigenvalue weighted by molar-refractivity contribution is 6.78. The first-order valence-corrected chi connectivity index (χ1v) is 11.7. The predicted octanol–water partition coefficient (Wildman–Crippen LogP) is 4.75. The van der Waals surface area contributed by atoms with E-state index in [0.29, 0.717) is 23.2 Å². The fourth-order valence-corrected chi connectivity index (χ4v) is 9.10. The number of amides is 1. The van der Waals surface area contributed by atoms with Crippen molar-refractivity contribution in [1.29, 1.82) is 0 Å². The standard InChI is InChI=1S/C20H35NO4Si/c1-14(2)26(15(3)4,16(5)6)25-20(23)21-12-8-9-17-10-11-18(22)19(13-17)24-7/h10-11,13-16,19H,8-9,12H2,1-7H3,(H,21,23). The fraction of sp³-hybridized carbons (Fsp3) is 0.700. The van der Waals surface area contributed by atoms with Crippen molar-refractivity contribution in [1.82, 2.24) is 5.32 Å². The summed E-state index contributed by atoms with van der Waals surface area (Å²) in [7, 11) is -0.664. The zero-order valence-corrected chi connectivity index (χ0v) is 18.3. The maximum atomic E-state index is 12.4. The molecule has 1 aliphatic carbocycles. The van der Waals surface area contributed by atoms with Gasteiger partial charge in [0.1, 0.15) is 6.10 Å². The second-order valence-electron chi connectivity index (χ2n) is 7.87. The van der Waals surface area contributed by atoms with Crippen molar-refractivity contribution in [3.63, 3.8) is 0 Å². The molecule has 1 aliphatic rings. The zero-order chi connectivity index (χ0) is 19.9.